The number of fused-ring (bicyclic) bond motifs is 1. The first-order valence-electron chi connectivity index (χ1n) is 10.8. The number of amides is 1. The van der Waals surface area contributed by atoms with Crippen molar-refractivity contribution in [1.29, 1.82) is 0 Å². The fourth-order valence-electron chi connectivity index (χ4n) is 4.44. The summed E-state index contributed by atoms with van der Waals surface area (Å²) in [5.74, 6) is -3.62. The minimum Gasteiger partial charge on any atom is -0.346 e. The van der Waals surface area contributed by atoms with Crippen LogP contribution in [-0.2, 0) is 17.9 Å². The van der Waals surface area contributed by atoms with Crippen molar-refractivity contribution in [2.24, 2.45) is 11.8 Å². The Labute approximate surface area is 181 Å². The maximum absolute atomic E-state index is 13.2. The van der Waals surface area contributed by atoms with Gasteiger partial charge < -0.3 is 14.8 Å². The zero-order chi connectivity index (χ0) is 23.1. The molecule has 4 nitrogen and oxygen atoms in total. The van der Waals surface area contributed by atoms with E-state index in [1.54, 1.807) is 23.1 Å². The summed E-state index contributed by atoms with van der Waals surface area (Å²) in [5.41, 5.74) is 0.858. The van der Waals surface area contributed by atoms with Crippen molar-refractivity contribution in [2.75, 3.05) is 13.1 Å². The van der Waals surface area contributed by atoms with Gasteiger partial charge in [0.1, 0.15) is 0 Å². The third-order valence-corrected chi connectivity index (χ3v) is 6.30. The zero-order valence-corrected chi connectivity index (χ0v) is 17.3. The Morgan fingerprint density at radius 2 is 1.78 bits per heavy atom. The van der Waals surface area contributed by atoms with E-state index in [-0.39, 0.29) is 24.4 Å². The average molecular weight is 461 g/mol. The Morgan fingerprint density at radius 1 is 1.09 bits per heavy atom. The Balaban J connectivity index is 1.64. The molecular weight excluding hydrogens is 436 g/mol. The molecule has 2 fully saturated rings. The highest BCUT2D eigenvalue weighted by molar-refractivity contribution is 5.85. The highest BCUT2D eigenvalue weighted by Gasteiger charge is 2.56. The van der Waals surface area contributed by atoms with Crippen molar-refractivity contribution in [3.05, 3.63) is 36.0 Å². The van der Waals surface area contributed by atoms with Crippen LogP contribution in [0.1, 0.15) is 31.2 Å². The van der Waals surface area contributed by atoms with Gasteiger partial charge in [-0.3, -0.25) is 4.79 Å². The van der Waals surface area contributed by atoms with Crippen LogP contribution in [0.15, 0.2) is 30.5 Å². The molecule has 1 aliphatic carbocycles. The van der Waals surface area contributed by atoms with Gasteiger partial charge in [0.25, 0.3) is 0 Å². The number of carbonyl (C=O) groups is 1. The normalized spacial score (nSPS) is 20.2. The first kappa shape index (κ1) is 22.9. The van der Waals surface area contributed by atoms with E-state index in [0.29, 0.717) is 23.0 Å². The van der Waals surface area contributed by atoms with Crippen LogP contribution in [-0.4, -0.2) is 46.9 Å². The van der Waals surface area contributed by atoms with Crippen LogP contribution in [0.2, 0.25) is 0 Å². The van der Waals surface area contributed by atoms with Crippen LogP contribution in [0.3, 0.4) is 0 Å². The van der Waals surface area contributed by atoms with Gasteiger partial charge in [0.15, 0.2) is 5.92 Å². The van der Waals surface area contributed by atoms with Gasteiger partial charge in [0.2, 0.25) is 5.91 Å². The summed E-state index contributed by atoms with van der Waals surface area (Å²) in [6.45, 7) is 0.372. The second-order valence-electron chi connectivity index (χ2n) is 8.70. The van der Waals surface area contributed by atoms with Gasteiger partial charge in [-0.2, -0.15) is 26.3 Å². The average Bonchev–Trinajstić information content (AvgIpc) is 3.51. The molecule has 1 atom stereocenters. The molecular formula is C22H25F6N3O. The number of piperidine rings is 1. The van der Waals surface area contributed by atoms with Gasteiger partial charge in [-0.1, -0.05) is 18.2 Å². The molecule has 1 N–H and O–H groups in total. The Kier molecular flexibility index (Phi) is 6.17. The minimum atomic E-state index is -5.41. The number of aromatic nitrogens is 1. The van der Waals surface area contributed by atoms with Gasteiger partial charge >= 0.3 is 12.4 Å². The Morgan fingerprint density at radius 3 is 2.38 bits per heavy atom. The molecule has 0 unspecified atom stereocenters. The standard InChI is InChI=1S/C22H25F6N3O/c23-21(24,25)19(22(26,27)28)13-30-11-15(17-5-1-2-6-18(17)30)12-31(16-7-8-16)20(32)14-4-3-9-29-10-14/h1-2,5-6,11,14,16,19,29H,3-4,7-10,12-13H2/t14-/m1/s1. The van der Waals surface area contributed by atoms with E-state index in [9.17, 15) is 31.1 Å². The molecule has 10 heteroatoms. The first-order chi connectivity index (χ1) is 15.1. The lowest BCUT2D eigenvalue weighted by Crippen LogP contribution is -2.43. The molecule has 0 bridgehead atoms. The fourth-order valence-corrected chi connectivity index (χ4v) is 4.44. The molecule has 4 rings (SSSR count). The molecule has 2 aromatic rings. The molecule has 1 aromatic carbocycles. The molecule has 1 saturated carbocycles. The number of nitrogens with one attached hydrogen (secondary N) is 1. The quantitative estimate of drug-likeness (QED) is 0.624. The molecule has 2 heterocycles. The van der Waals surface area contributed by atoms with Crippen LogP contribution >= 0.6 is 0 Å². The molecule has 1 aromatic heterocycles. The molecule has 2 aliphatic rings. The van der Waals surface area contributed by atoms with E-state index in [1.807, 2.05) is 0 Å². The van der Waals surface area contributed by atoms with E-state index in [2.05, 4.69) is 5.32 Å². The van der Waals surface area contributed by atoms with Crippen molar-refractivity contribution in [3.63, 3.8) is 0 Å². The predicted molar refractivity (Wildman–Crippen MR) is 107 cm³/mol. The third kappa shape index (κ3) is 4.89. The number of nitrogens with zero attached hydrogens (tertiary/aromatic N) is 2. The van der Waals surface area contributed by atoms with Gasteiger partial charge in [0.05, 0.1) is 5.92 Å². The highest BCUT2D eigenvalue weighted by atomic mass is 19.4. The summed E-state index contributed by atoms with van der Waals surface area (Å²) in [6, 6.07) is 6.53. The predicted octanol–water partition coefficient (Wildman–Crippen LogP) is 4.87. The zero-order valence-electron chi connectivity index (χ0n) is 17.3. The van der Waals surface area contributed by atoms with E-state index in [0.717, 1.165) is 36.8 Å². The molecule has 0 radical (unpaired) electrons. The first-order valence-corrected chi connectivity index (χ1v) is 10.8. The number of hydrogen-bond donors (Lipinski definition) is 1. The van der Waals surface area contributed by atoms with Crippen molar-refractivity contribution >= 4 is 16.8 Å². The van der Waals surface area contributed by atoms with Crippen LogP contribution in [0.5, 0.6) is 0 Å². The van der Waals surface area contributed by atoms with Gasteiger partial charge in [-0.25, -0.2) is 0 Å². The molecule has 0 spiro atoms. The maximum atomic E-state index is 13.2. The van der Waals surface area contributed by atoms with Crippen LogP contribution in [0.4, 0.5) is 26.3 Å². The third-order valence-electron chi connectivity index (χ3n) is 6.30. The van der Waals surface area contributed by atoms with Gasteiger partial charge in [-0.15, -0.1) is 0 Å². The fraction of sp³-hybridized carbons (Fsp3) is 0.591. The number of hydrogen-bond acceptors (Lipinski definition) is 2. The van der Waals surface area contributed by atoms with Gasteiger partial charge in [0, 0.05) is 42.8 Å². The topological polar surface area (TPSA) is 37.3 Å². The molecule has 1 amide bonds. The van der Waals surface area contributed by atoms with Crippen LogP contribution in [0, 0.1) is 11.8 Å². The number of para-hydroxylation sites is 1. The lowest BCUT2D eigenvalue weighted by atomic mass is 9.97. The summed E-state index contributed by atoms with van der Waals surface area (Å²) in [4.78, 5) is 14.9. The summed E-state index contributed by atoms with van der Waals surface area (Å²) in [5, 5.41) is 3.78. The van der Waals surface area contributed by atoms with Gasteiger partial charge in [-0.05, 0) is 43.9 Å². The summed E-state index contributed by atoms with van der Waals surface area (Å²) in [6.07, 6.45) is -6.10. The number of benzene rings is 1. The number of alkyl halides is 6. The van der Waals surface area contributed by atoms with Crippen molar-refractivity contribution in [1.82, 2.24) is 14.8 Å². The van der Waals surface area contributed by atoms with Crippen LogP contribution in [0.25, 0.3) is 10.9 Å². The second-order valence-corrected chi connectivity index (χ2v) is 8.70. The van der Waals surface area contributed by atoms with Crippen molar-refractivity contribution in [3.8, 4) is 0 Å². The highest BCUT2D eigenvalue weighted by Crippen LogP contribution is 2.41. The molecule has 1 saturated heterocycles. The van der Waals surface area contributed by atoms with Crippen molar-refractivity contribution in [2.45, 2.75) is 57.2 Å². The van der Waals surface area contributed by atoms with Crippen molar-refractivity contribution < 1.29 is 31.1 Å². The SMILES string of the molecule is O=C([C@@H]1CCCNC1)N(Cc1cn(CC(C(F)(F)F)C(F)(F)F)c2ccccc12)C1CC1. The summed E-state index contributed by atoms with van der Waals surface area (Å²) < 4.78 is 79.9. The van der Waals surface area contributed by atoms with E-state index in [4.69, 9.17) is 0 Å². The Hall–Kier alpha value is -2.23. The maximum Gasteiger partial charge on any atom is 0.402 e. The molecule has 1 aliphatic heterocycles. The summed E-state index contributed by atoms with van der Waals surface area (Å²) in [7, 11) is 0. The largest absolute Gasteiger partial charge is 0.402 e. The Bertz CT molecular complexity index is 943. The number of carbonyl (C=O) groups excluding carboxylic acids is 1. The van der Waals surface area contributed by atoms with E-state index in [1.165, 1.54) is 12.3 Å². The number of halogens is 6. The minimum absolute atomic E-state index is 0.00000861. The summed E-state index contributed by atoms with van der Waals surface area (Å²) >= 11 is 0. The number of rotatable bonds is 6. The monoisotopic (exact) mass is 461 g/mol. The molecule has 176 valence electrons. The van der Waals surface area contributed by atoms with Crippen LogP contribution < -0.4 is 5.32 Å². The smallest absolute Gasteiger partial charge is 0.346 e. The van der Waals surface area contributed by atoms with E-state index >= 15 is 0 Å². The molecule has 32 heavy (non-hydrogen) atoms. The second kappa shape index (κ2) is 8.61. The van der Waals surface area contributed by atoms with E-state index < -0.39 is 24.8 Å². The lowest BCUT2D eigenvalue weighted by molar-refractivity contribution is -0.287. The lowest BCUT2D eigenvalue weighted by Gasteiger charge is -2.30.